The van der Waals surface area contributed by atoms with Crippen LogP contribution in [0.1, 0.15) is 0 Å². The van der Waals surface area contributed by atoms with Crippen LogP contribution in [0.2, 0.25) is 15.1 Å². The van der Waals surface area contributed by atoms with Crippen molar-refractivity contribution in [3.05, 3.63) is 45.4 Å². The molecule has 0 aliphatic carbocycles. The zero-order valence-corrected chi connectivity index (χ0v) is 16.0. The van der Waals surface area contributed by atoms with E-state index in [4.69, 9.17) is 49.0 Å². The maximum Gasteiger partial charge on any atom is 0.325 e. The number of ether oxygens (including phenoxy) is 3. The Morgan fingerprint density at radius 1 is 0.963 bits per heavy atom. The number of hydrogen-bond donors (Lipinski definition) is 2. The maximum absolute atomic E-state index is 11.9. The van der Waals surface area contributed by atoms with Gasteiger partial charge >= 0.3 is 6.03 Å². The Labute approximate surface area is 169 Å². The molecule has 3 rings (SSSR count). The van der Waals surface area contributed by atoms with E-state index in [2.05, 4.69) is 10.6 Å². The van der Waals surface area contributed by atoms with Crippen LogP contribution in [-0.2, 0) is 4.79 Å². The molecule has 1 aliphatic heterocycles. The van der Waals surface area contributed by atoms with Crippen LogP contribution in [0, 0.1) is 0 Å². The van der Waals surface area contributed by atoms with E-state index in [1.165, 1.54) is 12.1 Å². The van der Waals surface area contributed by atoms with Gasteiger partial charge in [-0.1, -0.05) is 34.8 Å². The molecule has 0 bridgehead atoms. The minimum absolute atomic E-state index is 0.175. The number of fused-ring (bicyclic) bond motifs is 1. The molecule has 0 aromatic heterocycles. The van der Waals surface area contributed by atoms with Crippen molar-refractivity contribution in [2.24, 2.45) is 0 Å². The molecule has 27 heavy (non-hydrogen) atoms. The Bertz CT molecular complexity index is 891. The molecule has 10 heteroatoms. The van der Waals surface area contributed by atoms with Crippen LogP contribution >= 0.6 is 34.8 Å². The Morgan fingerprint density at radius 2 is 1.67 bits per heavy atom. The second kappa shape index (κ2) is 8.56. The number of halogens is 3. The van der Waals surface area contributed by atoms with Crippen LogP contribution in [0.3, 0.4) is 0 Å². The average molecular weight is 432 g/mol. The lowest BCUT2D eigenvalue weighted by molar-refractivity contribution is -0.121. The van der Waals surface area contributed by atoms with E-state index in [0.717, 1.165) is 0 Å². The Hall–Kier alpha value is -2.35. The number of imide groups is 1. The highest BCUT2D eigenvalue weighted by Crippen LogP contribution is 2.34. The number of rotatable bonds is 4. The van der Waals surface area contributed by atoms with E-state index in [0.29, 0.717) is 30.4 Å². The minimum atomic E-state index is -0.722. The van der Waals surface area contributed by atoms with Crippen molar-refractivity contribution >= 4 is 52.4 Å². The van der Waals surface area contributed by atoms with Crippen molar-refractivity contribution in [3.63, 3.8) is 0 Å². The number of urea groups is 1. The fourth-order valence-corrected chi connectivity index (χ4v) is 2.80. The van der Waals surface area contributed by atoms with Crippen LogP contribution in [0.5, 0.6) is 17.2 Å². The third-order valence-corrected chi connectivity index (χ3v) is 4.40. The van der Waals surface area contributed by atoms with Crippen molar-refractivity contribution < 1.29 is 23.8 Å². The van der Waals surface area contributed by atoms with E-state index >= 15 is 0 Å². The summed E-state index contributed by atoms with van der Waals surface area (Å²) >= 11 is 17.6. The lowest BCUT2D eigenvalue weighted by Gasteiger charge is -2.19. The molecule has 2 aromatic rings. The second-order valence-electron chi connectivity index (χ2n) is 5.35. The van der Waals surface area contributed by atoms with Gasteiger partial charge in [0.25, 0.3) is 5.91 Å². The van der Waals surface area contributed by atoms with Gasteiger partial charge in [0.1, 0.15) is 19.0 Å². The first kappa shape index (κ1) is 19.4. The minimum Gasteiger partial charge on any atom is -0.486 e. The highest BCUT2D eigenvalue weighted by Gasteiger charge is 2.15. The fourth-order valence-electron chi connectivity index (χ4n) is 2.20. The molecule has 2 aromatic carbocycles. The molecule has 7 nitrogen and oxygen atoms in total. The zero-order valence-electron chi connectivity index (χ0n) is 13.7. The Kier molecular flexibility index (Phi) is 6.15. The smallest absolute Gasteiger partial charge is 0.325 e. The summed E-state index contributed by atoms with van der Waals surface area (Å²) in [5.41, 5.74) is 0.443. The Morgan fingerprint density at radius 3 is 2.44 bits per heavy atom. The van der Waals surface area contributed by atoms with Crippen LogP contribution in [0.15, 0.2) is 30.3 Å². The van der Waals surface area contributed by atoms with Crippen molar-refractivity contribution in [2.75, 3.05) is 25.1 Å². The van der Waals surface area contributed by atoms with Crippen LogP contribution in [0.25, 0.3) is 0 Å². The molecule has 1 heterocycles. The van der Waals surface area contributed by atoms with Crippen LogP contribution in [0.4, 0.5) is 10.5 Å². The van der Waals surface area contributed by atoms with Gasteiger partial charge in [-0.3, -0.25) is 10.1 Å². The van der Waals surface area contributed by atoms with E-state index in [-0.39, 0.29) is 20.8 Å². The third kappa shape index (κ3) is 5.09. The van der Waals surface area contributed by atoms with E-state index < -0.39 is 18.5 Å². The number of carbonyl (C=O) groups excluding carboxylic acids is 2. The number of nitrogens with one attached hydrogen (secondary N) is 2. The number of hydrogen-bond acceptors (Lipinski definition) is 5. The van der Waals surface area contributed by atoms with Gasteiger partial charge in [0.05, 0.1) is 15.1 Å². The summed E-state index contributed by atoms with van der Waals surface area (Å²) in [5.74, 6) is 0.610. The quantitative estimate of drug-likeness (QED) is 0.711. The second-order valence-corrected chi connectivity index (χ2v) is 6.57. The van der Waals surface area contributed by atoms with Crippen molar-refractivity contribution in [2.45, 2.75) is 0 Å². The number of anilines is 1. The van der Waals surface area contributed by atoms with Gasteiger partial charge < -0.3 is 19.5 Å². The van der Waals surface area contributed by atoms with E-state index in [1.54, 1.807) is 18.2 Å². The number of amides is 3. The molecule has 0 saturated heterocycles. The monoisotopic (exact) mass is 430 g/mol. The highest BCUT2D eigenvalue weighted by molar-refractivity contribution is 6.43. The summed E-state index contributed by atoms with van der Waals surface area (Å²) in [5, 5.41) is 5.34. The molecule has 0 atom stereocenters. The number of carbonyl (C=O) groups is 2. The largest absolute Gasteiger partial charge is 0.486 e. The first-order chi connectivity index (χ1) is 12.9. The predicted octanol–water partition coefficient (Wildman–Crippen LogP) is 4.15. The van der Waals surface area contributed by atoms with E-state index in [9.17, 15) is 9.59 Å². The number of benzene rings is 2. The van der Waals surface area contributed by atoms with Gasteiger partial charge in [0, 0.05) is 17.8 Å². The normalized spacial score (nSPS) is 12.3. The fraction of sp³-hybridized carbons (Fsp3) is 0.176. The Balaban J connectivity index is 1.52. The predicted molar refractivity (Wildman–Crippen MR) is 102 cm³/mol. The molecule has 0 unspecified atom stereocenters. The molecule has 0 fully saturated rings. The standard InChI is InChI=1S/C17H13Cl3N2O5/c18-10-6-12(20)14(7-11(10)19)27-8-16(23)22-17(24)21-9-1-2-13-15(5-9)26-4-3-25-13/h1-2,5-7H,3-4,8H2,(H2,21,22,23,24). The van der Waals surface area contributed by atoms with Gasteiger partial charge in [0.2, 0.25) is 0 Å². The van der Waals surface area contributed by atoms with Crippen LogP contribution in [-0.4, -0.2) is 31.8 Å². The summed E-state index contributed by atoms with van der Waals surface area (Å²) in [6, 6.07) is 6.96. The lowest BCUT2D eigenvalue weighted by atomic mass is 10.2. The molecular weight excluding hydrogens is 419 g/mol. The van der Waals surface area contributed by atoms with Crippen molar-refractivity contribution in [1.82, 2.24) is 5.32 Å². The molecule has 2 N–H and O–H groups in total. The summed E-state index contributed by atoms with van der Waals surface area (Å²) < 4.78 is 16.1. The molecule has 3 amide bonds. The molecule has 142 valence electrons. The van der Waals surface area contributed by atoms with Crippen molar-refractivity contribution in [3.8, 4) is 17.2 Å². The van der Waals surface area contributed by atoms with Gasteiger partial charge in [0.15, 0.2) is 18.1 Å². The first-order valence-corrected chi connectivity index (χ1v) is 8.83. The zero-order chi connectivity index (χ0) is 19.4. The maximum atomic E-state index is 11.9. The summed E-state index contributed by atoms with van der Waals surface area (Å²) in [6.07, 6.45) is 0. The SMILES string of the molecule is O=C(COc1cc(Cl)c(Cl)cc1Cl)NC(=O)Nc1ccc2c(c1)OCCO2. The summed E-state index contributed by atoms with van der Waals surface area (Å²) in [7, 11) is 0. The van der Waals surface area contributed by atoms with E-state index in [1.807, 2.05) is 0 Å². The van der Waals surface area contributed by atoms with Gasteiger partial charge in [-0.15, -0.1) is 0 Å². The molecular formula is C17H13Cl3N2O5. The molecule has 0 radical (unpaired) electrons. The van der Waals surface area contributed by atoms with Gasteiger partial charge in [-0.2, -0.15) is 0 Å². The molecule has 1 aliphatic rings. The third-order valence-electron chi connectivity index (χ3n) is 3.39. The summed E-state index contributed by atoms with van der Waals surface area (Å²) in [4.78, 5) is 23.8. The first-order valence-electron chi connectivity index (χ1n) is 7.70. The topological polar surface area (TPSA) is 85.9 Å². The molecule has 0 spiro atoms. The highest BCUT2D eigenvalue weighted by atomic mass is 35.5. The van der Waals surface area contributed by atoms with Gasteiger partial charge in [-0.25, -0.2) is 4.79 Å². The lowest BCUT2D eigenvalue weighted by Crippen LogP contribution is -2.37. The van der Waals surface area contributed by atoms with Crippen molar-refractivity contribution in [1.29, 1.82) is 0 Å². The van der Waals surface area contributed by atoms with Crippen LogP contribution < -0.4 is 24.8 Å². The molecule has 0 saturated carbocycles. The summed E-state index contributed by atoms with van der Waals surface area (Å²) in [6.45, 7) is 0.458. The average Bonchev–Trinajstić information content (AvgIpc) is 2.63. The van der Waals surface area contributed by atoms with Gasteiger partial charge in [-0.05, 0) is 18.2 Å².